The first kappa shape index (κ1) is 16.9. The fourth-order valence-corrected chi connectivity index (χ4v) is 4.10. The second-order valence-corrected chi connectivity index (χ2v) is 8.10. The third-order valence-corrected chi connectivity index (χ3v) is 5.73. The van der Waals surface area contributed by atoms with Crippen molar-refractivity contribution in [2.75, 3.05) is 20.6 Å². The van der Waals surface area contributed by atoms with Crippen LogP contribution < -0.4 is 0 Å². The summed E-state index contributed by atoms with van der Waals surface area (Å²) in [6, 6.07) is 8.55. The van der Waals surface area contributed by atoms with E-state index < -0.39 is 5.60 Å². The molecule has 1 aliphatic carbocycles. The third kappa shape index (κ3) is 5.32. The molecule has 2 nitrogen and oxygen atoms in total. The molecule has 21 heavy (non-hydrogen) atoms. The maximum atomic E-state index is 10.6. The number of hydrogen-bond donors (Lipinski definition) is 1. The predicted octanol–water partition coefficient (Wildman–Crippen LogP) is 4.27. The van der Waals surface area contributed by atoms with Crippen molar-refractivity contribution in [1.29, 1.82) is 0 Å². The molecular weight excluding hydrogens is 278 g/mol. The zero-order valence-corrected chi connectivity index (χ0v) is 14.5. The Morgan fingerprint density at radius 3 is 2.33 bits per heavy atom. The van der Waals surface area contributed by atoms with Gasteiger partial charge in [0.2, 0.25) is 0 Å². The zero-order chi connectivity index (χ0) is 15.3. The molecule has 3 heteroatoms. The van der Waals surface area contributed by atoms with Crippen LogP contribution in [-0.4, -0.2) is 35.9 Å². The lowest BCUT2D eigenvalue weighted by Crippen LogP contribution is -2.27. The van der Waals surface area contributed by atoms with E-state index >= 15 is 0 Å². The minimum atomic E-state index is -0.738. The van der Waals surface area contributed by atoms with Gasteiger partial charge in [-0.25, -0.2) is 0 Å². The van der Waals surface area contributed by atoms with Crippen molar-refractivity contribution in [3.8, 4) is 0 Å². The lowest BCUT2D eigenvalue weighted by molar-refractivity contribution is 0.0405. The number of nitrogens with zero attached hydrogens (tertiary/aromatic N) is 1. The highest BCUT2D eigenvalue weighted by Crippen LogP contribution is 2.34. The number of thioether (sulfide) groups is 1. The molecule has 1 atom stereocenters. The molecular formula is C18H29NOS. The van der Waals surface area contributed by atoms with Gasteiger partial charge in [-0.15, -0.1) is 11.8 Å². The minimum absolute atomic E-state index is 0.738. The molecule has 0 saturated heterocycles. The Labute approximate surface area is 133 Å². The summed E-state index contributed by atoms with van der Waals surface area (Å²) >= 11 is 2.01. The molecule has 1 aliphatic rings. The molecule has 0 spiro atoms. The van der Waals surface area contributed by atoms with E-state index in [4.69, 9.17) is 0 Å². The summed E-state index contributed by atoms with van der Waals surface area (Å²) in [5, 5.41) is 11.4. The third-order valence-electron chi connectivity index (χ3n) is 4.38. The maximum Gasteiger partial charge on any atom is 0.0880 e. The summed E-state index contributed by atoms with van der Waals surface area (Å²) in [5.74, 6) is 0. The fraction of sp³-hybridized carbons (Fsp3) is 0.667. The smallest absolute Gasteiger partial charge is 0.0880 e. The van der Waals surface area contributed by atoms with Gasteiger partial charge in [0.15, 0.2) is 0 Å². The number of aliphatic hydroxyl groups is 1. The van der Waals surface area contributed by atoms with Crippen molar-refractivity contribution < 1.29 is 5.11 Å². The molecule has 2 rings (SSSR count). The second-order valence-electron chi connectivity index (χ2n) is 6.73. The van der Waals surface area contributed by atoms with Crippen LogP contribution in [0.25, 0.3) is 0 Å². The van der Waals surface area contributed by atoms with Crippen molar-refractivity contribution in [1.82, 2.24) is 4.90 Å². The largest absolute Gasteiger partial charge is 0.385 e. The van der Waals surface area contributed by atoms with Crippen LogP contribution in [0.3, 0.4) is 0 Å². The normalized spacial score (nSPS) is 19.7. The van der Waals surface area contributed by atoms with Crippen LogP contribution in [0.5, 0.6) is 0 Å². The van der Waals surface area contributed by atoms with E-state index in [9.17, 15) is 5.11 Å². The summed E-state index contributed by atoms with van der Waals surface area (Å²) in [5.41, 5.74) is 0.288. The Kier molecular flexibility index (Phi) is 6.15. The average Bonchev–Trinajstić information content (AvgIpc) is 2.47. The lowest BCUT2D eigenvalue weighted by Gasteiger charge is -2.26. The molecule has 1 aromatic carbocycles. The summed E-state index contributed by atoms with van der Waals surface area (Å²) in [7, 11) is 4.08. The van der Waals surface area contributed by atoms with Crippen LogP contribution in [0.15, 0.2) is 29.2 Å². The number of hydrogen-bond acceptors (Lipinski definition) is 3. The van der Waals surface area contributed by atoms with Crippen LogP contribution in [0.1, 0.15) is 51.0 Å². The van der Waals surface area contributed by atoms with E-state index in [1.807, 2.05) is 32.8 Å². The standard InChI is InChI=1S/C18H29NOS/c1-18(20,13-14-19(2)3)15-9-11-17(12-10-15)21-16-7-5-4-6-8-16/h9-12,16,20H,4-8,13-14H2,1-3H3. The van der Waals surface area contributed by atoms with Crippen molar-refractivity contribution in [3.63, 3.8) is 0 Å². The van der Waals surface area contributed by atoms with Crippen molar-refractivity contribution in [2.24, 2.45) is 0 Å². The Morgan fingerprint density at radius 2 is 1.76 bits per heavy atom. The Bertz CT molecular complexity index is 421. The molecule has 1 unspecified atom stereocenters. The van der Waals surface area contributed by atoms with Gasteiger partial charge in [-0.3, -0.25) is 0 Å². The first-order valence-electron chi connectivity index (χ1n) is 8.12. The van der Waals surface area contributed by atoms with Crippen LogP contribution in [0.2, 0.25) is 0 Å². The lowest BCUT2D eigenvalue weighted by atomic mass is 9.92. The van der Waals surface area contributed by atoms with Gasteiger partial charge in [-0.05, 0) is 58.0 Å². The van der Waals surface area contributed by atoms with E-state index in [2.05, 4.69) is 29.2 Å². The highest BCUT2D eigenvalue weighted by Gasteiger charge is 2.23. The van der Waals surface area contributed by atoms with Crippen molar-refractivity contribution in [2.45, 2.75) is 61.2 Å². The van der Waals surface area contributed by atoms with Gasteiger partial charge in [0, 0.05) is 16.7 Å². The summed E-state index contributed by atoms with van der Waals surface area (Å²) in [6.07, 6.45) is 7.64. The van der Waals surface area contributed by atoms with Gasteiger partial charge in [0.05, 0.1) is 5.60 Å². The van der Waals surface area contributed by atoms with Gasteiger partial charge in [-0.2, -0.15) is 0 Å². The molecule has 1 saturated carbocycles. The monoisotopic (exact) mass is 307 g/mol. The highest BCUT2D eigenvalue weighted by molar-refractivity contribution is 8.00. The molecule has 0 bridgehead atoms. The van der Waals surface area contributed by atoms with E-state index in [0.717, 1.165) is 23.8 Å². The van der Waals surface area contributed by atoms with Gasteiger partial charge >= 0.3 is 0 Å². The van der Waals surface area contributed by atoms with E-state index in [1.165, 1.54) is 37.0 Å². The minimum Gasteiger partial charge on any atom is -0.385 e. The maximum absolute atomic E-state index is 10.6. The quantitative estimate of drug-likeness (QED) is 0.849. The van der Waals surface area contributed by atoms with Crippen molar-refractivity contribution >= 4 is 11.8 Å². The van der Waals surface area contributed by atoms with Gasteiger partial charge in [0.25, 0.3) is 0 Å². The van der Waals surface area contributed by atoms with Crippen LogP contribution in [0, 0.1) is 0 Å². The summed E-state index contributed by atoms with van der Waals surface area (Å²) in [6.45, 7) is 2.81. The van der Waals surface area contributed by atoms with Crippen LogP contribution in [0.4, 0.5) is 0 Å². The summed E-state index contributed by atoms with van der Waals surface area (Å²) in [4.78, 5) is 3.45. The first-order valence-corrected chi connectivity index (χ1v) is 9.00. The van der Waals surface area contributed by atoms with Gasteiger partial charge in [0.1, 0.15) is 0 Å². The molecule has 1 aromatic rings. The number of rotatable bonds is 6. The van der Waals surface area contributed by atoms with Crippen LogP contribution >= 0.6 is 11.8 Å². The second kappa shape index (κ2) is 7.66. The van der Waals surface area contributed by atoms with E-state index in [-0.39, 0.29) is 0 Å². The molecule has 0 aromatic heterocycles. The SMILES string of the molecule is CN(C)CCC(C)(O)c1ccc(SC2CCCCC2)cc1. The zero-order valence-electron chi connectivity index (χ0n) is 13.6. The molecule has 118 valence electrons. The molecule has 1 N–H and O–H groups in total. The molecule has 1 fully saturated rings. The summed E-state index contributed by atoms with van der Waals surface area (Å²) < 4.78 is 0. The Hall–Kier alpha value is -0.510. The van der Waals surface area contributed by atoms with E-state index in [1.54, 1.807) is 0 Å². The molecule has 0 amide bonds. The fourth-order valence-electron chi connectivity index (χ4n) is 2.85. The Morgan fingerprint density at radius 1 is 1.14 bits per heavy atom. The number of benzene rings is 1. The predicted molar refractivity (Wildman–Crippen MR) is 91.9 cm³/mol. The van der Waals surface area contributed by atoms with Gasteiger partial charge in [-0.1, -0.05) is 31.4 Å². The molecule has 0 radical (unpaired) electrons. The van der Waals surface area contributed by atoms with E-state index in [0.29, 0.717) is 0 Å². The molecule has 0 heterocycles. The highest BCUT2D eigenvalue weighted by atomic mass is 32.2. The Balaban J connectivity index is 1.94. The first-order chi connectivity index (χ1) is 9.97. The van der Waals surface area contributed by atoms with Gasteiger partial charge < -0.3 is 10.0 Å². The van der Waals surface area contributed by atoms with Crippen molar-refractivity contribution in [3.05, 3.63) is 29.8 Å². The topological polar surface area (TPSA) is 23.5 Å². The van der Waals surface area contributed by atoms with Crippen LogP contribution in [-0.2, 0) is 5.60 Å². The average molecular weight is 308 g/mol. The molecule has 0 aliphatic heterocycles.